The van der Waals surface area contributed by atoms with Crippen molar-refractivity contribution in [1.29, 1.82) is 0 Å². The van der Waals surface area contributed by atoms with Gasteiger partial charge >= 0.3 is 23.9 Å². The van der Waals surface area contributed by atoms with Gasteiger partial charge in [0, 0.05) is 20.3 Å². The molecule has 0 radical (unpaired) electrons. The number of fused-ring (bicyclic) bond motifs is 1. The number of hydrogen-bond acceptors (Lipinski definition) is 11. The summed E-state index contributed by atoms with van der Waals surface area (Å²) in [7, 11) is 0. The number of Topliss-reactive ketones (excluding diaryl/α,β-unsaturated/α-hetero) is 1. The molecule has 0 amide bonds. The third-order valence-corrected chi connectivity index (χ3v) is 9.23. The maximum atomic E-state index is 13.8. The molecule has 11 heteroatoms. The molecule has 1 spiro atoms. The van der Waals surface area contributed by atoms with E-state index in [0.717, 1.165) is 6.92 Å². The largest absolute Gasteiger partial charge is 0.459 e. The summed E-state index contributed by atoms with van der Waals surface area (Å²) in [5, 5.41) is 12.1. The smallest absolute Gasteiger partial charge is 0.338 e. The van der Waals surface area contributed by atoms with Crippen molar-refractivity contribution in [3.63, 3.8) is 0 Å². The molecule has 5 rings (SSSR count). The molecule has 2 aliphatic carbocycles. The number of carbonyl (C=O) groups excluding carboxylic acids is 5. The molecule has 2 bridgehead atoms. The normalized spacial score (nSPS) is 35.2. The molecule has 3 aliphatic rings. The molecule has 8 atom stereocenters. The quantitative estimate of drug-likeness (QED) is 0.380. The van der Waals surface area contributed by atoms with Crippen molar-refractivity contribution in [3.8, 4) is 0 Å². The third kappa shape index (κ3) is 4.69. The Morgan fingerprint density at radius 1 is 0.750 bits per heavy atom. The highest BCUT2D eigenvalue weighted by Crippen LogP contribution is 2.68. The summed E-state index contributed by atoms with van der Waals surface area (Å²) in [5.74, 6) is -4.85. The van der Waals surface area contributed by atoms with E-state index in [-0.39, 0.29) is 11.1 Å². The second kappa shape index (κ2) is 10.8. The fourth-order valence-corrected chi connectivity index (χ4v) is 7.66. The minimum Gasteiger partial charge on any atom is -0.459 e. The number of ether oxygens (including phenoxy) is 5. The van der Waals surface area contributed by atoms with Crippen LogP contribution >= 0.6 is 0 Å². The predicted octanol–water partition coefficient (Wildman–Crippen LogP) is 3.21. The molecule has 1 aliphatic heterocycles. The van der Waals surface area contributed by atoms with Gasteiger partial charge in [0.05, 0.1) is 28.1 Å². The van der Waals surface area contributed by atoms with Gasteiger partial charge in [-0.15, -0.1) is 0 Å². The van der Waals surface area contributed by atoms with Crippen molar-refractivity contribution in [3.05, 3.63) is 71.8 Å². The zero-order valence-corrected chi connectivity index (χ0v) is 25.4. The van der Waals surface area contributed by atoms with Crippen molar-refractivity contribution >= 4 is 29.7 Å². The van der Waals surface area contributed by atoms with Gasteiger partial charge in [-0.05, 0) is 52.0 Å². The van der Waals surface area contributed by atoms with Gasteiger partial charge in [-0.1, -0.05) is 36.4 Å². The number of hydrogen-bond donors (Lipinski definition) is 1. The maximum Gasteiger partial charge on any atom is 0.338 e. The van der Waals surface area contributed by atoms with Gasteiger partial charge in [0.25, 0.3) is 0 Å². The fraction of sp³-hybridized carbons (Fsp3) is 0.485. The van der Waals surface area contributed by atoms with Crippen molar-refractivity contribution in [1.82, 2.24) is 0 Å². The monoisotopic (exact) mass is 608 g/mol. The Hall–Kier alpha value is -4.09. The van der Waals surface area contributed by atoms with Crippen LogP contribution in [0.2, 0.25) is 0 Å². The molecular weight excluding hydrogens is 572 g/mol. The zero-order valence-electron chi connectivity index (χ0n) is 25.4. The minimum atomic E-state index is -2.03. The molecule has 1 saturated heterocycles. The maximum absolute atomic E-state index is 13.8. The highest BCUT2D eigenvalue weighted by atomic mass is 16.6. The molecule has 0 unspecified atom stereocenters. The number of aliphatic hydroxyl groups is 1. The Kier molecular flexibility index (Phi) is 7.70. The Morgan fingerprint density at radius 3 is 1.75 bits per heavy atom. The van der Waals surface area contributed by atoms with E-state index in [1.165, 1.54) is 32.9 Å². The SMILES string of the molecule is CC(=O)O[C@@H]1[C@H]2[C@H](OC(=O)c3ccccc3)[C@H](OC(=O)c3ccccc3)[C@]3(C)[C@@H](OC(C)=O)C(=O)C[C@](C)(O)[C@@]13OC2(C)C. The van der Waals surface area contributed by atoms with Crippen molar-refractivity contribution in [2.75, 3.05) is 0 Å². The first kappa shape index (κ1) is 31.3. The van der Waals surface area contributed by atoms with E-state index in [0.29, 0.717) is 0 Å². The molecule has 234 valence electrons. The van der Waals surface area contributed by atoms with Gasteiger partial charge in [0.15, 0.2) is 18.0 Å². The van der Waals surface area contributed by atoms with Gasteiger partial charge in [0.2, 0.25) is 0 Å². The van der Waals surface area contributed by atoms with E-state index in [1.807, 2.05) is 0 Å². The first-order valence-corrected chi connectivity index (χ1v) is 14.4. The van der Waals surface area contributed by atoms with Crippen LogP contribution in [0, 0.1) is 11.3 Å². The zero-order chi connectivity index (χ0) is 32.2. The van der Waals surface area contributed by atoms with Gasteiger partial charge in [-0.3, -0.25) is 14.4 Å². The summed E-state index contributed by atoms with van der Waals surface area (Å²) < 4.78 is 30.6. The van der Waals surface area contributed by atoms with E-state index in [4.69, 9.17) is 23.7 Å². The Bertz CT molecular complexity index is 1480. The molecule has 2 aromatic rings. The van der Waals surface area contributed by atoms with Crippen LogP contribution in [0.1, 0.15) is 68.7 Å². The lowest BCUT2D eigenvalue weighted by atomic mass is 9.46. The summed E-state index contributed by atoms with van der Waals surface area (Å²) in [6, 6.07) is 16.1. The molecule has 2 saturated carbocycles. The van der Waals surface area contributed by atoms with E-state index >= 15 is 0 Å². The molecule has 0 aromatic heterocycles. The summed E-state index contributed by atoms with van der Waals surface area (Å²) in [4.78, 5) is 66.2. The van der Waals surface area contributed by atoms with Gasteiger partial charge < -0.3 is 28.8 Å². The van der Waals surface area contributed by atoms with Crippen LogP contribution in [-0.4, -0.2) is 76.0 Å². The summed E-state index contributed by atoms with van der Waals surface area (Å²) >= 11 is 0. The fourth-order valence-electron chi connectivity index (χ4n) is 7.66. The molecule has 2 aromatic carbocycles. The van der Waals surface area contributed by atoms with Crippen molar-refractivity contribution < 1.29 is 52.8 Å². The first-order chi connectivity index (χ1) is 20.6. The van der Waals surface area contributed by atoms with E-state index in [2.05, 4.69) is 0 Å². The number of carbonyl (C=O) groups is 5. The Labute approximate surface area is 254 Å². The van der Waals surface area contributed by atoms with Crippen molar-refractivity contribution in [2.24, 2.45) is 11.3 Å². The predicted molar refractivity (Wildman–Crippen MR) is 152 cm³/mol. The minimum absolute atomic E-state index is 0.158. The molecular formula is C33H36O11. The average molecular weight is 609 g/mol. The Morgan fingerprint density at radius 2 is 1.25 bits per heavy atom. The lowest BCUT2D eigenvalue weighted by molar-refractivity contribution is -0.324. The van der Waals surface area contributed by atoms with Crippen LogP contribution in [0.25, 0.3) is 0 Å². The Balaban J connectivity index is 1.79. The van der Waals surface area contributed by atoms with E-state index < -0.39 is 88.6 Å². The number of esters is 4. The summed E-state index contributed by atoms with van der Waals surface area (Å²) in [5.41, 5.74) is -6.92. The summed E-state index contributed by atoms with van der Waals surface area (Å²) in [6.07, 6.45) is -6.47. The van der Waals surface area contributed by atoms with Crippen LogP contribution in [0.5, 0.6) is 0 Å². The second-order valence-corrected chi connectivity index (χ2v) is 12.6. The molecule has 1 heterocycles. The highest BCUT2D eigenvalue weighted by Gasteiger charge is 2.87. The average Bonchev–Trinajstić information content (AvgIpc) is 3.16. The molecule has 1 N–H and O–H groups in total. The van der Waals surface area contributed by atoms with Gasteiger partial charge in [-0.2, -0.15) is 0 Å². The lowest BCUT2D eigenvalue weighted by Gasteiger charge is -2.64. The lowest BCUT2D eigenvalue weighted by Crippen LogP contribution is -2.83. The topological polar surface area (TPSA) is 152 Å². The van der Waals surface area contributed by atoms with Crippen LogP contribution in [0.15, 0.2) is 60.7 Å². The second-order valence-electron chi connectivity index (χ2n) is 12.6. The van der Waals surface area contributed by atoms with Crippen LogP contribution < -0.4 is 0 Å². The third-order valence-electron chi connectivity index (χ3n) is 9.23. The standard InChI is InChI=1S/C33H36O11/c1-18(34)40-25-22(36)17-31(5,39)33-26(41-19(2)35)23(30(3,4)44-33)24(42-28(37)20-13-9-7-10-14-20)27(32(25,33)6)43-29(38)21-15-11-8-12-16-21/h7-16,23-27,39H,17H2,1-6H3/t23-,24+,25+,26-,27+,31+,32+,33+/m1/s1. The van der Waals surface area contributed by atoms with Crippen LogP contribution in [0.4, 0.5) is 0 Å². The van der Waals surface area contributed by atoms with Gasteiger partial charge in [-0.25, -0.2) is 9.59 Å². The van der Waals surface area contributed by atoms with Gasteiger partial charge in [0.1, 0.15) is 23.4 Å². The van der Waals surface area contributed by atoms with E-state index in [9.17, 15) is 29.1 Å². The van der Waals surface area contributed by atoms with Crippen LogP contribution in [0.3, 0.4) is 0 Å². The number of rotatable bonds is 6. The summed E-state index contributed by atoms with van der Waals surface area (Å²) in [6.45, 7) is 8.46. The molecule has 3 fully saturated rings. The first-order valence-electron chi connectivity index (χ1n) is 14.4. The molecule has 44 heavy (non-hydrogen) atoms. The number of benzene rings is 2. The van der Waals surface area contributed by atoms with Crippen LogP contribution in [-0.2, 0) is 38.1 Å². The van der Waals surface area contributed by atoms with Crippen molar-refractivity contribution in [2.45, 2.75) is 89.2 Å². The highest BCUT2D eigenvalue weighted by molar-refractivity contribution is 5.92. The van der Waals surface area contributed by atoms with E-state index in [1.54, 1.807) is 62.4 Å². The molecule has 11 nitrogen and oxygen atoms in total. The number of ketones is 1.